The van der Waals surface area contributed by atoms with Crippen LogP contribution in [0.2, 0.25) is 0 Å². The monoisotopic (exact) mass is 225 g/mol. The Kier molecular flexibility index (Phi) is 2.28. The second-order valence-corrected chi connectivity index (χ2v) is 4.00. The lowest BCUT2D eigenvalue weighted by atomic mass is 10.1. The molecule has 2 heterocycles. The van der Waals surface area contributed by atoms with Crippen LogP contribution in [0.5, 0.6) is 0 Å². The molecule has 0 spiro atoms. The smallest absolute Gasteiger partial charge is 0.415 e. The van der Waals surface area contributed by atoms with Crippen molar-refractivity contribution in [2.75, 3.05) is 5.75 Å². The van der Waals surface area contributed by atoms with Crippen LogP contribution < -0.4 is 0 Å². The van der Waals surface area contributed by atoms with E-state index in [-0.39, 0.29) is 0 Å². The molecule has 1 amide bonds. The molecule has 2 aliphatic rings. The van der Waals surface area contributed by atoms with Gasteiger partial charge in [0.1, 0.15) is 0 Å². The number of amides is 1. The van der Waals surface area contributed by atoms with Gasteiger partial charge in [-0.3, -0.25) is 4.90 Å². The van der Waals surface area contributed by atoms with Crippen LogP contribution in [0.3, 0.4) is 0 Å². The van der Waals surface area contributed by atoms with Crippen LogP contribution in [0.25, 0.3) is 0 Å². The number of carboxylic acid groups (broad SMARTS) is 2. The van der Waals surface area contributed by atoms with E-state index in [1.807, 2.05) is 0 Å². The summed E-state index contributed by atoms with van der Waals surface area (Å²) in [5.74, 6) is -0.566. The molecule has 78 valence electrons. The molecule has 0 aromatic rings. The minimum Gasteiger partial charge on any atom is -0.478 e. The van der Waals surface area contributed by atoms with E-state index in [2.05, 4.69) is 0 Å². The lowest BCUT2D eigenvalue weighted by molar-refractivity contribution is -0.132. The quantitative estimate of drug-likeness (QED) is 0.706. The molecule has 0 aromatic heterocycles. The second-order valence-electron chi connectivity index (χ2n) is 2.98. The zero-order valence-corrected chi connectivity index (χ0v) is 8.32. The topological polar surface area (TPSA) is 77.8 Å². The number of hydrogen-bond acceptors (Lipinski definition) is 3. The van der Waals surface area contributed by atoms with E-state index in [1.54, 1.807) is 0 Å². The van der Waals surface area contributed by atoms with Crippen LogP contribution in [-0.2, 0) is 4.79 Å². The first-order chi connectivity index (χ1) is 7.09. The maximum atomic E-state index is 10.8. The number of thioether (sulfide) groups is 1. The van der Waals surface area contributed by atoms with Crippen molar-refractivity contribution in [1.82, 2.24) is 4.90 Å². The van der Waals surface area contributed by atoms with Crippen LogP contribution in [0.1, 0.15) is 0 Å². The third-order valence-electron chi connectivity index (χ3n) is 2.10. The van der Waals surface area contributed by atoms with Crippen LogP contribution in [0.4, 0.5) is 4.79 Å². The average molecular weight is 225 g/mol. The first kappa shape index (κ1) is 9.85. The molecule has 2 rings (SSSR count). The van der Waals surface area contributed by atoms with E-state index in [4.69, 9.17) is 10.2 Å². The van der Waals surface area contributed by atoms with Gasteiger partial charge < -0.3 is 10.2 Å². The summed E-state index contributed by atoms with van der Waals surface area (Å²) in [7, 11) is 0. The van der Waals surface area contributed by atoms with E-state index in [0.717, 1.165) is 4.90 Å². The number of nitrogens with zero attached hydrogens (tertiary/aromatic N) is 1. The van der Waals surface area contributed by atoms with Gasteiger partial charge in [-0.2, -0.15) is 0 Å². The predicted octanol–water partition coefficient (Wildman–Crippen LogP) is 1.46. The molecule has 5 nitrogen and oxygen atoms in total. The summed E-state index contributed by atoms with van der Waals surface area (Å²) in [5, 5.41) is 17.6. The number of allylic oxidation sites excluding steroid dienone is 2. The van der Waals surface area contributed by atoms with E-state index in [9.17, 15) is 9.59 Å². The van der Waals surface area contributed by atoms with Crippen molar-refractivity contribution >= 4 is 23.8 Å². The normalized spacial score (nSPS) is 18.9. The van der Waals surface area contributed by atoms with Crippen molar-refractivity contribution in [3.05, 3.63) is 34.5 Å². The fraction of sp³-hybridized carbons (Fsp3) is 0.111. The molecule has 0 bridgehead atoms. The molecule has 2 N–H and O–H groups in total. The van der Waals surface area contributed by atoms with Gasteiger partial charge in [-0.15, -0.1) is 11.8 Å². The summed E-state index contributed by atoms with van der Waals surface area (Å²) in [5.41, 5.74) is 0.942. The van der Waals surface area contributed by atoms with Crippen molar-refractivity contribution in [3.8, 4) is 0 Å². The SMILES string of the molecule is O=C(O)C1=C2C=CN(C(=O)O)C=C2SC1. The summed E-state index contributed by atoms with van der Waals surface area (Å²) in [4.78, 5) is 23.2. The van der Waals surface area contributed by atoms with E-state index in [1.165, 1.54) is 30.2 Å². The number of hydrogen-bond donors (Lipinski definition) is 2. The number of carboxylic acids is 1. The zero-order chi connectivity index (χ0) is 11.0. The van der Waals surface area contributed by atoms with E-state index < -0.39 is 12.1 Å². The first-order valence-corrected chi connectivity index (χ1v) is 5.09. The average Bonchev–Trinajstić information content (AvgIpc) is 2.59. The van der Waals surface area contributed by atoms with Gasteiger partial charge in [0.05, 0.1) is 5.57 Å². The molecule has 0 saturated carbocycles. The highest BCUT2D eigenvalue weighted by molar-refractivity contribution is 8.03. The van der Waals surface area contributed by atoms with Gasteiger partial charge in [-0.25, -0.2) is 9.59 Å². The van der Waals surface area contributed by atoms with Crippen LogP contribution in [0, 0.1) is 0 Å². The summed E-state index contributed by atoms with van der Waals surface area (Å²) >= 11 is 1.33. The van der Waals surface area contributed by atoms with Gasteiger partial charge in [0.15, 0.2) is 0 Å². The Hall–Kier alpha value is -1.69. The lowest BCUT2D eigenvalue weighted by Crippen LogP contribution is -2.19. The number of rotatable bonds is 1. The molecule has 0 unspecified atom stereocenters. The number of fused-ring (bicyclic) bond motifs is 1. The van der Waals surface area contributed by atoms with E-state index >= 15 is 0 Å². The van der Waals surface area contributed by atoms with Crippen molar-refractivity contribution < 1.29 is 19.8 Å². The van der Waals surface area contributed by atoms with Crippen molar-refractivity contribution in [2.24, 2.45) is 0 Å². The standard InChI is InChI=1S/C9H7NO4S/c11-8(12)6-4-15-7-3-10(9(13)14)2-1-5(6)7/h1-3H,4H2,(H,11,12)(H,13,14). The molecule has 6 heteroatoms. The maximum Gasteiger partial charge on any atom is 0.415 e. The van der Waals surface area contributed by atoms with Gasteiger partial charge in [-0.05, 0) is 6.08 Å². The summed E-state index contributed by atoms with van der Waals surface area (Å²) in [6.45, 7) is 0. The molecule has 0 radical (unpaired) electrons. The highest BCUT2D eigenvalue weighted by atomic mass is 32.2. The molecule has 15 heavy (non-hydrogen) atoms. The Labute approximate surface area is 89.4 Å². The van der Waals surface area contributed by atoms with Crippen molar-refractivity contribution in [2.45, 2.75) is 0 Å². The van der Waals surface area contributed by atoms with Gasteiger partial charge in [0.2, 0.25) is 0 Å². The predicted molar refractivity (Wildman–Crippen MR) is 54.2 cm³/mol. The molecule has 0 atom stereocenters. The van der Waals surface area contributed by atoms with Crippen molar-refractivity contribution in [1.29, 1.82) is 0 Å². The fourth-order valence-electron chi connectivity index (χ4n) is 1.36. The van der Waals surface area contributed by atoms with Crippen LogP contribution >= 0.6 is 11.8 Å². The molecular weight excluding hydrogens is 218 g/mol. The van der Waals surface area contributed by atoms with Gasteiger partial charge >= 0.3 is 12.1 Å². The Morgan fingerprint density at radius 1 is 1.40 bits per heavy atom. The highest BCUT2D eigenvalue weighted by Crippen LogP contribution is 2.39. The fourth-order valence-corrected chi connectivity index (χ4v) is 2.48. The van der Waals surface area contributed by atoms with Gasteiger partial charge in [-0.1, -0.05) is 0 Å². The lowest BCUT2D eigenvalue weighted by Gasteiger charge is -2.15. The zero-order valence-electron chi connectivity index (χ0n) is 7.51. The maximum absolute atomic E-state index is 10.8. The Balaban J connectivity index is 2.37. The minimum absolute atomic E-state index is 0.326. The Bertz CT molecular complexity index is 435. The molecule has 0 saturated heterocycles. The molecule has 0 aliphatic carbocycles. The van der Waals surface area contributed by atoms with Gasteiger partial charge in [0.25, 0.3) is 0 Å². The van der Waals surface area contributed by atoms with Crippen LogP contribution in [-0.4, -0.2) is 32.9 Å². The molecular formula is C9H7NO4S. The van der Waals surface area contributed by atoms with Crippen LogP contribution in [0.15, 0.2) is 34.5 Å². The first-order valence-electron chi connectivity index (χ1n) is 4.10. The Morgan fingerprint density at radius 2 is 2.13 bits per heavy atom. The molecule has 0 fully saturated rings. The second kappa shape index (κ2) is 3.47. The largest absolute Gasteiger partial charge is 0.478 e. The molecule has 0 aromatic carbocycles. The third kappa shape index (κ3) is 1.63. The summed E-state index contributed by atoms with van der Waals surface area (Å²) in [6, 6.07) is 0. The molecule has 2 aliphatic heterocycles. The van der Waals surface area contributed by atoms with E-state index in [0.29, 0.717) is 21.8 Å². The third-order valence-corrected chi connectivity index (χ3v) is 3.17. The minimum atomic E-state index is -1.08. The number of carbonyl (C=O) groups is 2. The summed E-state index contributed by atoms with van der Waals surface area (Å²) in [6.07, 6.45) is 3.21. The van der Waals surface area contributed by atoms with Crippen molar-refractivity contribution in [3.63, 3.8) is 0 Å². The summed E-state index contributed by atoms with van der Waals surface area (Å²) < 4.78 is 0. The highest BCUT2D eigenvalue weighted by Gasteiger charge is 2.27. The number of aliphatic carboxylic acids is 1. The van der Waals surface area contributed by atoms with Gasteiger partial charge in [0, 0.05) is 28.6 Å². The Morgan fingerprint density at radius 3 is 2.73 bits per heavy atom.